The molecule has 0 saturated carbocycles. The largest absolute Gasteiger partial charge is 0.508 e. The fourth-order valence-corrected chi connectivity index (χ4v) is 4.56. The highest BCUT2D eigenvalue weighted by Gasteiger charge is 2.35. The van der Waals surface area contributed by atoms with E-state index < -0.39 is 0 Å². The van der Waals surface area contributed by atoms with Crippen LogP contribution in [-0.2, 0) is 6.42 Å². The number of hydrogen-bond acceptors (Lipinski definition) is 3. The third kappa shape index (κ3) is 2.78. The van der Waals surface area contributed by atoms with Gasteiger partial charge in [0.15, 0.2) is 0 Å². The number of nitrogens with one attached hydrogen (secondary N) is 1. The molecule has 3 heteroatoms. The molecule has 2 aromatic rings. The molecule has 126 valence electrons. The summed E-state index contributed by atoms with van der Waals surface area (Å²) in [5, 5.41) is 13.2. The number of nitrogens with zero attached hydrogens (tertiary/aromatic N) is 1. The van der Waals surface area contributed by atoms with Crippen LogP contribution in [0.25, 0.3) is 0 Å². The van der Waals surface area contributed by atoms with Gasteiger partial charge in [-0.05, 0) is 60.1 Å². The molecular formula is C21H26N2O. The summed E-state index contributed by atoms with van der Waals surface area (Å²) in [6, 6.07) is 17.1. The average Bonchev–Trinajstić information content (AvgIpc) is 3.06. The van der Waals surface area contributed by atoms with Gasteiger partial charge in [0, 0.05) is 31.4 Å². The van der Waals surface area contributed by atoms with Crippen LogP contribution in [0.1, 0.15) is 30.4 Å². The molecule has 0 aromatic heterocycles. The van der Waals surface area contributed by atoms with Crippen LogP contribution in [0, 0.1) is 5.92 Å². The van der Waals surface area contributed by atoms with Crippen LogP contribution in [0.2, 0.25) is 0 Å². The molecule has 1 aliphatic carbocycles. The molecule has 1 heterocycles. The lowest BCUT2D eigenvalue weighted by atomic mass is 9.82. The van der Waals surface area contributed by atoms with E-state index in [-0.39, 0.29) is 0 Å². The molecule has 0 amide bonds. The summed E-state index contributed by atoms with van der Waals surface area (Å²) in [6.45, 7) is 5.48. The number of aryl methyl sites for hydroxylation is 1. The molecule has 3 unspecified atom stereocenters. The molecule has 0 spiro atoms. The first-order chi connectivity index (χ1) is 11.7. The zero-order valence-electron chi connectivity index (χ0n) is 14.3. The highest BCUT2D eigenvalue weighted by Crippen LogP contribution is 2.41. The van der Waals surface area contributed by atoms with Gasteiger partial charge in [-0.25, -0.2) is 0 Å². The number of aromatic hydroxyl groups is 1. The van der Waals surface area contributed by atoms with E-state index in [2.05, 4.69) is 41.4 Å². The molecule has 2 N–H and O–H groups in total. The maximum atomic E-state index is 9.58. The maximum absolute atomic E-state index is 9.58. The topological polar surface area (TPSA) is 35.5 Å². The van der Waals surface area contributed by atoms with E-state index in [0.717, 1.165) is 19.6 Å². The van der Waals surface area contributed by atoms with E-state index >= 15 is 0 Å². The molecule has 3 atom stereocenters. The molecule has 1 saturated heterocycles. The molecule has 1 aliphatic heterocycles. The van der Waals surface area contributed by atoms with Crippen molar-refractivity contribution in [2.24, 2.45) is 5.92 Å². The van der Waals surface area contributed by atoms with Crippen LogP contribution in [0.3, 0.4) is 0 Å². The first kappa shape index (κ1) is 15.5. The standard InChI is InChI=1S/C21H26N2O/c1-15(19-11-6-16-4-2-3-5-20(16)19)21-14-22-12-13-23(21)17-7-9-18(24)10-8-17/h2-5,7-10,15,19,21-22,24H,6,11-14H2,1H3. The summed E-state index contributed by atoms with van der Waals surface area (Å²) in [6.07, 6.45) is 2.48. The molecule has 1 fully saturated rings. The molecule has 3 nitrogen and oxygen atoms in total. The third-order valence-corrected chi connectivity index (χ3v) is 5.89. The summed E-state index contributed by atoms with van der Waals surface area (Å²) in [5.41, 5.74) is 4.31. The molecule has 2 aliphatic rings. The lowest BCUT2D eigenvalue weighted by molar-refractivity contribution is 0.323. The molecular weight excluding hydrogens is 296 g/mol. The van der Waals surface area contributed by atoms with Crippen molar-refractivity contribution >= 4 is 5.69 Å². The second kappa shape index (κ2) is 6.48. The highest BCUT2D eigenvalue weighted by atomic mass is 16.3. The van der Waals surface area contributed by atoms with Crippen molar-refractivity contribution < 1.29 is 5.11 Å². The van der Waals surface area contributed by atoms with Gasteiger partial charge in [0.05, 0.1) is 0 Å². The van der Waals surface area contributed by atoms with Crippen LogP contribution >= 0.6 is 0 Å². The number of hydrogen-bond donors (Lipinski definition) is 2. The smallest absolute Gasteiger partial charge is 0.115 e. The van der Waals surface area contributed by atoms with Gasteiger partial charge < -0.3 is 15.3 Å². The van der Waals surface area contributed by atoms with E-state index in [9.17, 15) is 5.11 Å². The fraction of sp³-hybridized carbons (Fsp3) is 0.429. The second-order valence-corrected chi connectivity index (χ2v) is 7.18. The Bertz CT molecular complexity index is 697. The molecule has 0 bridgehead atoms. The molecule has 4 rings (SSSR count). The molecule has 0 radical (unpaired) electrons. The second-order valence-electron chi connectivity index (χ2n) is 7.18. The zero-order valence-corrected chi connectivity index (χ0v) is 14.3. The van der Waals surface area contributed by atoms with E-state index in [1.807, 2.05) is 12.1 Å². The van der Waals surface area contributed by atoms with Crippen molar-refractivity contribution in [3.05, 3.63) is 59.7 Å². The Morgan fingerprint density at radius 2 is 1.92 bits per heavy atom. The van der Waals surface area contributed by atoms with Crippen molar-refractivity contribution in [3.8, 4) is 5.75 Å². The first-order valence-corrected chi connectivity index (χ1v) is 9.08. The quantitative estimate of drug-likeness (QED) is 0.907. The van der Waals surface area contributed by atoms with Crippen molar-refractivity contribution in [2.45, 2.75) is 31.7 Å². The van der Waals surface area contributed by atoms with Crippen LogP contribution < -0.4 is 10.2 Å². The van der Waals surface area contributed by atoms with Crippen molar-refractivity contribution in [2.75, 3.05) is 24.5 Å². The minimum Gasteiger partial charge on any atom is -0.508 e. The zero-order chi connectivity index (χ0) is 16.5. The Morgan fingerprint density at radius 1 is 1.12 bits per heavy atom. The predicted molar refractivity (Wildman–Crippen MR) is 98.8 cm³/mol. The van der Waals surface area contributed by atoms with E-state index in [0.29, 0.717) is 23.6 Å². The summed E-state index contributed by atoms with van der Waals surface area (Å²) < 4.78 is 0. The van der Waals surface area contributed by atoms with Crippen molar-refractivity contribution in [1.29, 1.82) is 0 Å². The predicted octanol–water partition coefficient (Wildman–Crippen LogP) is 3.54. The van der Waals surface area contributed by atoms with Gasteiger partial charge in [-0.1, -0.05) is 31.2 Å². The minimum absolute atomic E-state index is 0.336. The SMILES string of the molecule is CC(C1CCc2ccccc21)C1CNCCN1c1ccc(O)cc1. The van der Waals surface area contributed by atoms with Gasteiger partial charge in [0.1, 0.15) is 5.75 Å². The number of phenolic OH excluding ortho intramolecular Hbond substituents is 1. The third-order valence-electron chi connectivity index (χ3n) is 5.89. The number of fused-ring (bicyclic) bond motifs is 1. The summed E-state index contributed by atoms with van der Waals surface area (Å²) in [4.78, 5) is 2.53. The van der Waals surface area contributed by atoms with Crippen LogP contribution in [-0.4, -0.2) is 30.8 Å². The summed E-state index contributed by atoms with van der Waals surface area (Å²) in [5.74, 6) is 1.57. The monoisotopic (exact) mass is 322 g/mol. The Morgan fingerprint density at radius 3 is 2.75 bits per heavy atom. The highest BCUT2D eigenvalue weighted by molar-refractivity contribution is 5.51. The number of benzene rings is 2. The van der Waals surface area contributed by atoms with Gasteiger partial charge in [-0.2, -0.15) is 0 Å². The maximum Gasteiger partial charge on any atom is 0.115 e. The van der Waals surface area contributed by atoms with E-state index in [1.54, 1.807) is 17.7 Å². The van der Waals surface area contributed by atoms with Crippen molar-refractivity contribution in [1.82, 2.24) is 5.32 Å². The van der Waals surface area contributed by atoms with E-state index in [4.69, 9.17) is 0 Å². The van der Waals surface area contributed by atoms with E-state index in [1.165, 1.54) is 24.1 Å². The molecule has 2 aromatic carbocycles. The van der Waals surface area contributed by atoms with Crippen LogP contribution in [0.5, 0.6) is 5.75 Å². The Hall–Kier alpha value is -2.00. The summed E-state index contributed by atoms with van der Waals surface area (Å²) in [7, 11) is 0. The Labute approximate surface area is 144 Å². The number of rotatable bonds is 3. The van der Waals surface area contributed by atoms with Gasteiger partial charge >= 0.3 is 0 Å². The first-order valence-electron chi connectivity index (χ1n) is 9.08. The normalized spacial score (nSPS) is 24.6. The number of piperazine rings is 1. The summed E-state index contributed by atoms with van der Waals surface area (Å²) >= 11 is 0. The van der Waals surface area contributed by atoms with Crippen LogP contribution in [0.15, 0.2) is 48.5 Å². The molecule has 24 heavy (non-hydrogen) atoms. The van der Waals surface area contributed by atoms with Gasteiger partial charge in [-0.3, -0.25) is 0 Å². The van der Waals surface area contributed by atoms with Gasteiger partial charge in [0.25, 0.3) is 0 Å². The van der Waals surface area contributed by atoms with Gasteiger partial charge in [0.2, 0.25) is 0 Å². The average molecular weight is 322 g/mol. The van der Waals surface area contributed by atoms with Gasteiger partial charge in [-0.15, -0.1) is 0 Å². The van der Waals surface area contributed by atoms with Crippen molar-refractivity contribution in [3.63, 3.8) is 0 Å². The Kier molecular flexibility index (Phi) is 4.19. The lowest BCUT2D eigenvalue weighted by Crippen LogP contribution is -2.55. The Balaban J connectivity index is 1.60. The fourth-order valence-electron chi connectivity index (χ4n) is 4.56. The number of phenols is 1. The number of anilines is 1. The minimum atomic E-state index is 0.336. The lowest BCUT2D eigenvalue weighted by Gasteiger charge is -2.43. The van der Waals surface area contributed by atoms with Crippen LogP contribution in [0.4, 0.5) is 5.69 Å².